The van der Waals surface area contributed by atoms with Crippen molar-refractivity contribution in [1.82, 2.24) is 9.88 Å². The first-order chi connectivity index (χ1) is 9.30. The van der Waals surface area contributed by atoms with Gasteiger partial charge in [-0.3, -0.25) is 9.59 Å². The summed E-state index contributed by atoms with van der Waals surface area (Å²) in [4.78, 5) is 29.3. The number of aromatic nitrogens is 1. The maximum atomic E-state index is 12.7. The molecule has 20 heavy (non-hydrogen) atoms. The summed E-state index contributed by atoms with van der Waals surface area (Å²) in [6.07, 6.45) is 6.32. The maximum absolute atomic E-state index is 12.7. The van der Waals surface area contributed by atoms with Crippen LogP contribution in [0.2, 0.25) is 0 Å². The van der Waals surface area contributed by atoms with Gasteiger partial charge in [-0.2, -0.15) is 0 Å². The number of amides is 1. The Hall–Kier alpha value is -1.58. The Bertz CT molecular complexity index is 604. The number of hydrogen-bond donors (Lipinski definition) is 1. The summed E-state index contributed by atoms with van der Waals surface area (Å²) in [5.41, 5.74) is 0.542. The lowest BCUT2D eigenvalue weighted by Crippen LogP contribution is -2.39. The van der Waals surface area contributed by atoms with Gasteiger partial charge >= 0.3 is 0 Å². The fourth-order valence-corrected chi connectivity index (χ4v) is 4.44. The molecule has 1 aliphatic heterocycles. The summed E-state index contributed by atoms with van der Waals surface area (Å²) in [6, 6.07) is 1.69. The molecular weight excluding hydrogens is 252 g/mol. The molecule has 1 aromatic rings. The molecule has 0 aromatic carbocycles. The number of carbonyl (C=O) groups excluding carboxylic acids is 1. The van der Waals surface area contributed by atoms with E-state index in [1.165, 1.54) is 12.3 Å². The molecule has 0 radical (unpaired) electrons. The summed E-state index contributed by atoms with van der Waals surface area (Å²) in [5, 5.41) is 0. The van der Waals surface area contributed by atoms with E-state index in [-0.39, 0.29) is 33.8 Å². The zero-order chi connectivity index (χ0) is 14.5. The lowest BCUT2D eigenvalue weighted by atomic mass is 9.65. The zero-order valence-electron chi connectivity index (χ0n) is 12.4. The summed E-state index contributed by atoms with van der Waals surface area (Å²) in [6.45, 7) is 7.60. The molecule has 4 heteroatoms. The van der Waals surface area contributed by atoms with Crippen molar-refractivity contribution in [2.24, 2.45) is 10.8 Å². The van der Waals surface area contributed by atoms with Gasteiger partial charge in [-0.05, 0) is 30.1 Å². The topological polar surface area (TPSA) is 53.2 Å². The van der Waals surface area contributed by atoms with Crippen LogP contribution in [-0.4, -0.2) is 28.4 Å². The van der Waals surface area contributed by atoms with E-state index in [0.717, 1.165) is 25.8 Å². The van der Waals surface area contributed by atoms with Crippen molar-refractivity contribution in [3.63, 3.8) is 0 Å². The SMILES string of the molecule is CC1(C)CC2CC(C)(CN2C(=O)c2c[nH]ccc2=O)C1. The molecule has 4 nitrogen and oxygen atoms in total. The largest absolute Gasteiger partial charge is 0.367 e. The summed E-state index contributed by atoms with van der Waals surface area (Å²) in [7, 11) is 0. The van der Waals surface area contributed by atoms with Crippen molar-refractivity contribution in [2.75, 3.05) is 6.54 Å². The highest BCUT2D eigenvalue weighted by Crippen LogP contribution is 2.52. The quantitative estimate of drug-likeness (QED) is 0.855. The maximum Gasteiger partial charge on any atom is 0.259 e. The first kappa shape index (κ1) is 13.4. The number of rotatable bonds is 1. The van der Waals surface area contributed by atoms with E-state index in [0.29, 0.717) is 0 Å². The fraction of sp³-hybridized carbons (Fsp3) is 0.625. The van der Waals surface area contributed by atoms with E-state index in [9.17, 15) is 9.59 Å². The number of carbonyl (C=O) groups is 1. The van der Waals surface area contributed by atoms with Gasteiger partial charge in [0.25, 0.3) is 5.91 Å². The molecule has 2 unspecified atom stereocenters. The van der Waals surface area contributed by atoms with Gasteiger partial charge in [-0.25, -0.2) is 0 Å². The molecule has 2 atom stereocenters. The highest BCUT2D eigenvalue weighted by Gasteiger charge is 2.51. The van der Waals surface area contributed by atoms with Crippen LogP contribution in [-0.2, 0) is 0 Å². The number of nitrogens with one attached hydrogen (secondary N) is 1. The molecule has 108 valence electrons. The minimum Gasteiger partial charge on any atom is -0.367 e. The fourth-order valence-electron chi connectivity index (χ4n) is 4.44. The molecule has 3 rings (SSSR count). The third kappa shape index (κ3) is 2.17. The Kier molecular flexibility index (Phi) is 2.82. The number of pyridine rings is 1. The Labute approximate surface area is 119 Å². The number of hydrogen-bond acceptors (Lipinski definition) is 2. The second kappa shape index (κ2) is 4.21. The average Bonchev–Trinajstić information content (AvgIpc) is 2.58. The van der Waals surface area contributed by atoms with Crippen LogP contribution in [0.25, 0.3) is 0 Å². The first-order valence-corrected chi connectivity index (χ1v) is 7.28. The van der Waals surface area contributed by atoms with E-state index in [2.05, 4.69) is 25.8 Å². The van der Waals surface area contributed by atoms with Gasteiger partial charge in [0.2, 0.25) is 0 Å². The average molecular weight is 274 g/mol. The van der Waals surface area contributed by atoms with E-state index in [1.807, 2.05) is 4.90 Å². The molecule has 1 amide bonds. The second-order valence-corrected chi connectivity index (χ2v) is 7.57. The molecule has 1 saturated carbocycles. The lowest BCUT2D eigenvalue weighted by Gasteiger charge is -2.39. The van der Waals surface area contributed by atoms with Crippen molar-refractivity contribution in [3.8, 4) is 0 Å². The Morgan fingerprint density at radius 2 is 2.10 bits per heavy atom. The normalized spacial score (nSPS) is 31.4. The summed E-state index contributed by atoms with van der Waals surface area (Å²) >= 11 is 0. The van der Waals surface area contributed by atoms with E-state index >= 15 is 0 Å². The van der Waals surface area contributed by atoms with Gasteiger partial charge in [0, 0.05) is 31.0 Å². The van der Waals surface area contributed by atoms with Crippen LogP contribution in [0, 0.1) is 10.8 Å². The standard InChI is InChI=1S/C16H22N2O2/c1-15(2)6-11-7-16(3,9-15)10-18(11)14(20)12-8-17-5-4-13(12)19/h4-5,8,11H,6-7,9-10H2,1-3H3,(H,17,19). The lowest BCUT2D eigenvalue weighted by molar-refractivity contribution is 0.0706. The molecule has 2 fully saturated rings. The number of aromatic amines is 1. The molecule has 2 heterocycles. The van der Waals surface area contributed by atoms with Crippen LogP contribution in [0.3, 0.4) is 0 Å². The molecule has 1 saturated heterocycles. The van der Waals surface area contributed by atoms with E-state index in [1.54, 1.807) is 6.20 Å². The van der Waals surface area contributed by atoms with Crippen molar-refractivity contribution in [1.29, 1.82) is 0 Å². The highest BCUT2D eigenvalue weighted by atomic mass is 16.2. The predicted octanol–water partition coefficient (Wildman–Crippen LogP) is 2.42. The zero-order valence-corrected chi connectivity index (χ0v) is 12.4. The number of H-pyrrole nitrogens is 1. The Morgan fingerprint density at radius 3 is 2.80 bits per heavy atom. The highest BCUT2D eigenvalue weighted by molar-refractivity contribution is 5.94. The molecule has 2 bridgehead atoms. The second-order valence-electron chi connectivity index (χ2n) is 7.57. The Morgan fingerprint density at radius 1 is 1.35 bits per heavy atom. The minimum absolute atomic E-state index is 0.113. The monoisotopic (exact) mass is 274 g/mol. The van der Waals surface area contributed by atoms with Crippen LogP contribution >= 0.6 is 0 Å². The molecule has 1 N–H and O–H groups in total. The van der Waals surface area contributed by atoms with Crippen molar-refractivity contribution in [2.45, 2.75) is 46.1 Å². The summed E-state index contributed by atoms with van der Waals surface area (Å²) < 4.78 is 0. The van der Waals surface area contributed by atoms with Gasteiger partial charge < -0.3 is 9.88 Å². The van der Waals surface area contributed by atoms with Crippen molar-refractivity contribution >= 4 is 5.91 Å². The summed E-state index contributed by atoms with van der Waals surface area (Å²) in [5.74, 6) is -0.113. The Balaban J connectivity index is 1.91. The first-order valence-electron chi connectivity index (χ1n) is 7.28. The number of nitrogens with zero attached hydrogens (tertiary/aromatic N) is 1. The third-order valence-corrected chi connectivity index (χ3v) is 4.73. The number of likely N-dealkylation sites (tertiary alicyclic amines) is 1. The van der Waals surface area contributed by atoms with Crippen LogP contribution in [0.1, 0.15) is 50.4 Å². The van der Waals surface area contributed by atoms with E-state index in [4.69, 9.17) is 0 Å². The van der Waals surface area contributed by atoms with Gasteiger partial charge in [0.1, 0.15) is 5.56 Å². The smallest absolute Gasteiger partial charge is 0.259 e. The molecule has 0 spiro atoms. The van der Waals surface area contributed by atoms with Crippen molar-refractivity contribution < 1.29 is 4.79 Å². The molecule has 1 aliphatic carbocycles. The predicted molar refractivity (Wildman–Crippen MR) is 77.6 cm³/mol. The molecule has 2 aliphatic rings. The number of fused-ring (bicyclic) bond motifs is 2. The minimum atomic E-state index is -0.195. The van der Waals surface area contributed by atoms with Crippen molar-refractivity contribution in [3.05, 3.63) is 34.2 Å². The van der Waals surface area contributed by atoms with Crippen LogP contribution < -0.4 is 5.43 Å². The van der Waals surface area contributed by atoms with Gasteiger partial charge in [0.05, 0.1) is 0 Å². The third-order valence-electron chi connectivity index (χ3n) is 4.73. The van der Waals surface area contributed by atoms with Gasteiger partial charge in [0.15, 0.2) is 5.43 Å². The van der Waals surface area contributed by atoms with Gasteiger partial charge in [-0.1, -0.05) is 20.8 Å². The van der Waals surface area contributed by atoms with Crippen LogP contribution in [0.5, 0.6) is 0 Å². The van der Waals surface area contributed by atoms with Gasteiger partial charge in [-0.15, -0.1) is 0 Å². The van der Waals surface area contributed by atoms with E-state index < -0.39 is 0 Å². The van der Waals surface area contributed by atoms with Crippen LogP contribution in [0.15, 0.2) is 23.3 Å². The molecular formula is C16H22N2O2. The molecule has 1 aromatic heterocycles. The van der Waals surface area contributed by atoms with Crippen LogP contribution in [0.4, 0.5) is 0 Å².